The van der Waals surface area contributed by atoms with Gasteiger partial charge in [-0.05, 0) is 42.5 Å². The molecular formula is C15H15N3O2. The molecule has 0 unspecified atom stereocenters. The van der Waals surface area contributed by atoms with Gasteiger partial charge in [-0.25, -0.2) is 14.8 Å². The second-order valence-electron chi connectivity index (χ2n) is 4.93. The SMILES string of the molecule is CN(c1ccc2c(c1)CCC2)c1ncncc1C(=O)O. The van der Waals surface area contributed by atoms with E-state index in [9.17, 15) is 9.90 Å². The van der Waals surface area contributed by atoms with E-state index in [2.05, 4.69) is 22.1 Å². The normalized spacial score (nSPS) is 13.1. The van der Waals surface area contributed by atoms with Crippen molar-refractivity contribution in [3.05, 3.63) is 47.4 Å². The molecule has 0 spiro atoms. The molecule has 0 aliphatic heterocycles. The Labute approximate surface area is 116 Å². The predicted molar refractivity (Wildman–Crippen MR) is 75.5 cm³/mol. The molecule has 0 saturated carbocycles. The number of hydrogen-bond donors (Lipinski definition) is 1. The molecule has 5 heteroatoms. The van der Waals surface area contributed by atoms with Gasteiger partial charge in [-0.3, -0.25) is 0 Å². The van der Waals surface area contributed by atoms with Gasteiger partial charge in [0.15, 0.2) is 5.82 Å². The average molecular weight is 269 g/mol. The highest BCUT2D eigenvalue weighted by Crippen LogP contribution is 2.30. The van der Waals surface area contributed by atoms with Gasteiger partial charge in [-0.1, -0.05) is 6.07 Å². The van der Waals surface area contributed by atoms with E-state index in [1.54, 1.807) is 4.90 Å². The molecule has 20 heavy (non-hydrogen) atoms. The van der Waals surface area contributed by atoms with Crippen LogP contribution in [0.15, 0.2) is 30.7 Å². The van der Waals surface area contributed by atoms with Gasteiger partial charge < -0.3 is 10.0 Å². The molecule has 0 saturated heterocycles. The van der Waals surface area contributed by atoms with Crippen molar-refractivity contribution in [1.29, 1.82) is 0 Å². The van der Waals surface area contributed by atoms with Gasteiger partial charge in [0.25, 0.3) is 0 Å². The number of rotatable bonds is 3. The van der Waals surface area contributed by atoms with Gasteiger partial charge in [0.2, 0.25) is 0 Å². The minimum Gasteiger partial charge on any atom is -0.477 e. The second kappa shape index (κ2) is 4.92. The third-order valence-corrected chi connectivity index (χ3v) is 3.71. The first-order valence-electron chi connectivity index (χ1n) is 6.55. The van der Waals surface area contributed by atoms with Crippen molar-refractivity contribution in [3.63, 3.8) is 0 Å². The fourth-order valence-electron chi connectivity index (χ4n) is 2.63. The van der Waals surface area contributed by atoms with Crippen LogP contribution in [0.4, 0.5) is 11.5 Å². The van der Waals surface area contributed by atoms with Crippen LogP contribution in [0.2, 0.25) is 0 Å². The van der Waals surface area contributed by atoms with Crippen LogP contribution in [0, 0.1) is 0 Å². The molecule has 1 aromatic carbocycles. The number of nitrogens with zero attached hydrogens (tertiary/aromatic N) is 3. The standard InChI is InChI=1S/C15H15N3O2/c1-18(14-13(15(19)20)8-16-9-17-14)12-6-5-10-3-2-4-11(10)7-12/h5-9H,2-4H2,1H3,(H,19,20). The van der Waals surface area contributed by atoms with Crippen molar-refractivity contribution in [1.82, 2.24) is 9.97 Å². The van der Waals surface area contributed by atoms with Crippen molar-refractivity contribution < 1.29 is 9.90 Å². The van der Waals surface area contributed by atoms with E-state index in [1.165, 1.54) is 30.1 Å². The minimum atomic E-state index is -1.02. The van der Waals surface area contributed by atoms with Crippen molar-refractivity contribution >= 4 is 17.5 Å². The summed E-state index contributed by atoms with van der Waals surface area (Å²) >= 11 is 0. The van der Waals surface area contributed by atoms with Crippen molar-refractivity contribution in [3.8, 4) is 0 Å². The number of carboxylic acids is 1. The zero-order valence-corrected chi connectivity index (χ0v) is 11.2. The van der Waals surface area contributed by atoms with Crippen molar-refractivity contribution in [2.45, 2.75) is 19.3 Å². The molecule has 1 aliphatic rings. The Morgan fingerprint density at radius 2 is 2.10 bits per heavy atom. The lowest BCUT2D eigenvalue weighted by Crippen LogP contribution is -2.16. The van der Waals surface area contributed by atoms with Crippen LogP contribution >= 0.6 is 0 Å². The number of aromatic nitrogens is 2. The molecule has 3 rings (SSSR count). The second-order valence-corrected chi connectivity index (χ2v) is 4.93. The summed E-state index contributed by atoms with van der Waals surface area (Å²) in [6, 6.07) is 6.25. The first-order chi connectivity index (χ1) is 9.66. The highest BCUT2D eigenvalue weighted by molar-refractivity contribution is 5.93. The van der Waals surface area contributed by atoms with Gasteiger partial charge in [0.05, 0.1) is 0 Å². The van der Waals surface area contributed by atoms with E-state index >= 15 is 0 Å². The Balaban J connectivity index is 2.01. The Kier molecular flexibility index (Phi) is 3.10. The maximum absolute atomic E-state index is 11.2. The number of benzene rings is 1. The maximum atomic E-state index is 11.2. The van der Waals surface area contributed by atoms with Gasteiger partial charge >= 0.3 is 5.97 Å². The molecule has 1 heterocycles. The van der Waals surface area contributed by atoms with Crippen LogP contribution in [0.25, 0.3) is 0 Å². The Bertz CT molecular complexity index is 670. The smallest absolute Gasteiger partial charge is 0.341 e. The van der Waals surface area contributed by atoms with Gasteiger partial charge in [-0.2, -0.15) is 0 Å². The fraction of sp³-hybridized carbons (Fsp3) is 0.267. The van der Waals surface area contributed by atoms with Gasteiger partial charge in [-0.15, -0.1) is 0 Å². The zero-order chi connectivity index (χ0) is 14.1. The molecule has 0 amide bonds. The third-order valence-electron chi connectivity index (χ3n) is 3.71. The molecular weight excluding hydrogens is 254 g/mol. The third kappa shape index (κ3) is 2.11. The summed E-state index contributed by atoms with van der Waals surface area (Å²) in [4.78, 5) is 20.9. The molecule has 102 valence electrons. The average Bonchev–Trinajstić information content (AvgIpc) is 2.93. The fourth-order valence-corrected chi connectivity index (χ4v) is 2.63. The highest BCUT2D eigenvalue weighted by atomic mass is 16.4. The summed E-state index contributed by atoms with van der Waals surface area (Å²) in [7, 11) is 1.82. The quantitative estimate of drug-likeness (QED) is 0.927. The van der Waals surface area contributed by atoms with Crippen LogP contribution in [0.5, 0.6) is 0 Å². The molecule has 1 aliphatic carbocycles. The van der Waals surface area contributed by atoms with Crippen molar-refractivity contribution in [2.75, 3.05) is 11.9 Å². The summed E-state index contributed by atoms with van der Waals surface area (Å²) in [6.45, 7) is 0. The zero-order valence-electron chi connectivity index (χ0n) is 11.2. The van der Waals surface area contributed by atoms with Crippen LogP contribution in [0.1, 0.15) is 27.9 Å². The first kappa shape index (κ1) is 12.6. The number of carbonyl (C=O) groups is 1. The van der Waals surface area contributed by atoms with Crippen LogP contribution in [-0.2, 0) is 12.8 Å². The number of aromatic carboxylic acids is 1. The molecule has 0 radical (unpaired) electrons. The monoisotopic (exact) mass is 269 g/mol. The Hall–Kier alpha value is -2.43. The van der Waals surface area contributed by atoms with Crippen LogP contribution < -0.4 is 4.90 Å². The number of carboxylic acid groups (broad SMARTS) is 1. The lowest BCUT2D eigenvalue weighted by molar-refractivity contribution is 0.0697. The maximum Gasteiger partial charge on any atom is 0.341 e. The number of fused-ring (bicyclic) bond motifs is 1. The highest BCUT2D eigenvalue weighted by Gasteiger charge is 2.18. The Morgan fingerprint density at radius 3 is 2.90 bits per heavy atom. The van der Waals surface area contributed by atoms with E-state index < -0.39 is 5.97 Å². The number of hydrogen-bond acceptors (Lipinski definition) is 4. The minimum absolute atomic E-state index is 0.107. The number of anilines is 2. The van der Waals surface area contributed by atoms with Crippen LogP contribution in [0.3, 0.4) is 0 Å². The van der Waals surface area contributed by atoms with Crippen LogP contribution in [-0.4, -0.2) is 28.1 Å². The first-order valence-corrected chi connectivity index (χ1v) is 6.55. The van der Waals surface area contributed by atoms with Crippen molar-refractivity contribution in [2.24, 2.45) is 0 Å². The topological polar surface area (TPSA) is 66.3 Å². The Morgan fingerprint density at radius 1 is 1.30 bits per heavy atom. The largest absolute Gasteiger partial charge is 0.477 e. The lowest BCUT2D eigenvalue weighted by atomic mass is 10.1. The molecule has 0 bridgehead atoms. The molecule has 1 aromatic heterocycles. The van der Waals surface area contributed by atoms with E-state index in [4.69, 9.17) is 0 Å². The summed E-state index contributed by atoms with van der Waals surface area (Å²) in [6.07, 6.45) is 6.11. The van der Waals surface area contributed by atoms with E-state index in [0.717, 1.165) is 18.5 Å². The summed E-state index contributed by atoms with van der Waals surface area (Å²) in [5, 5.41) is 9.21. The van der Waals surface area contributed by atoms with Gasteiger partial charge in [0.1, 0.15) is 11.9 Å². The molecule has 0 fully saturated rings. The van der Waals surface area contributed by atoms with E-state index in [-0.39, 0.29) is 5.56 Å². The summed E-state index contributed by atoms with van der Waals surface area (Å²) in [5.74, 6) is -0.612. The summed E-state index contributed by atoms with van der Waals surface area (Å²) < 4.78 is 0. The predicted octanol–water partition coefficient (Wildman–Crippen LogP) is 2.43. The summed E-state index contributed by atoms with van der Waals surface area (Å²) in [5.41, 5.74) is 3.80. The molecule has 1 N–H and O–H groups in total. The molecule has 0 atom stereocenters. The van der Waals surface area contributed by atoms with Gasteiger partial charge in [0, 0.05) is 18.9 Å². The molecule has 2 aromatic rings. The van der Waals surface area contributed by atoms with E-state index in [0.29, 0.717) is 5.82 Å². The number of aryl methyl sites for hydroxylation is 2. The molecule has 5 nitrogen and oxygen atoms in total. The lowest BCUT2D eigenvalue weighted by Gasteiger charge is -2.20. The van der Waals surface area contributed by atoms with E-state index in [1.807, 2.05) is 13.1 Å².